The Hall–Kier alpha value is -0.610. The van der Waals surface area contributed by atoms with Gasteiger partial charge in [0.25, 0.3) is 0 Å². The van der Waals surface area contributed by atoms with Gasteiger partial charge in [0.1, 0.15) is 5.82 Å². The summed E-state index contributed by atoms with van der Waals surface area (Å²) in [5, 5.41) is 3.25. The predicted octanol–water partition coefficient (Wildman–Crippen LogP) is 3.32. The summed E-state index contributed by atoms with van der Waals surface area (Å²) in [7, 11) is 0. The van der Waals surface area contributed by atoms with E-state index >= 15 is 0 Å². The van der Waals surface area contributed by atoms with E-state index in [-0.39, 0.29) is 0 Å². The molecule has 16 heavy (non-hydrogen) atoms. The van der Waals surface area contributed by atoms with Crippen LogP contribution in [0.2, 0.25) is 0 Å². The molecule has 0 amide bonds. The van der Waals surface area contributed by atoms with Crippen LogP contribution in [0.5, 0.6) is 0 Å². The van der Waals surface area contributed by atoms with E-state index in [2.05, 4.69) is 40.1 Å². The van der Waals surface area contributed by atoms with Gasteiger partial charge in [0, 0.05) is 30.4 Å². The standard InChI is InChI=1S/C12H19BrN2O/c1-10(2)9-16-7-3-6-14-12-5-4-11(13)8-15-12/h4-5,8,10H,3,6-7,9H2,1-2H3,(H,14,15). The molecule has 0 radical (unpaired) electrons. The van der Waals surface area contributed by atoms with Crippen molar-refractivity contribution in [2.24, 2.45) is 5.92 Å². The molecule has 1 N–H and O–H groups in total. The topological polar surface area (TPSA) is 34.1 Å². The summed E-state index contributed by atoms with van der Waals surface area (Å²) in [4.78, 5) is 4.23. The smallest absolute Gasteiger partial charge is 0.125 e. The van der Waals surface area contributed by atoms with Gasteiger partial charge < -0.3 is 10.1 Å². The Morgan fingerprint density at radius 1 is 1.44 bits per heavy atom. The van der Waals surface area contributed by atoms with Crippen molar-refractivity contribution < 1.29 is 4.74 Å². The van der Waals surface area contributed by atoms with Crippen LogP contribution in [0.3, 0.4) is 0 Å². The molecular formula is C12H19BrN2O. The van der Waals surface area contributed by atoms with Crippen LogP contribution < -0.4 is 5.32 Å². The van der Waals surface area contributed by atoms with E-state index in [0.29, 0.717) is 5.92 Å². The van der Waals surface area contributed by atoms with E-state index in [0.717, 1.165) is 36.5 Å². The molecule has 0 saturated heterocycles. The van der Waals surface area contributed by atoms with Gasteiger partial charge in [0.15, 0.2) is 0 Å². The minimum Gasteiger partial charge on any atom is -0.381 e. The van der Waals surface area contributed by atoms with E-state index in [1.165, 1.54) is 0 Å². The summed E-state index contributed by atoms with van der Waals surface area (Å²) in [6.07, 6.45) is 2.79. The molecule has 1 heterocycles. The highest BCUT2D eigenvalue weighted by atomic mass is 79.9. The lowest BCUT2D eigenvalue weighted by Gasteiger charge is -2.07. The van der Waals surface area contributed by atoms with Gasteiger partial charge in [-0.05, 0) is 40.4 Å². The number of hydrogen-bond donors (Lipinski definition) is 1. The number of nitrogens with zero attached hydrogens (tertiary/aromatic N) is 1. The molecule has 0 fully saturated rings. The van der Waals surface area contributed by atoms with Crippen LogP contribution in [0, 0.1) is 5.92 Å². The van der Waals surface area contributed by atoms with Gasteiger partial charge in [0.2, 0.25) is 0 Å². The molecule has 0 bridgehead atoms. The van der Waals surface area contributed by atoms with Gasteiger partial charge in [-0.25, -0.2) is 4.98 Å². The maximum absolute atomic E-state index is 5.48. The Morgan fingerprint density at radius 2 is 2.25 bits per heavy atom. The number of aromatic nitrogens is 1. The van der Waals surface area contributed by atoms with Crippen LogP contribution in [-0.2, 0) is 4.74 Å². The molecule has 0 atom stereocenters. The van der Waals surface area contributed by atoms with Gasteiger partial charge in [-0.3, -0.25) is 0 Å². The van der Waals surface area contributed by atoms with Crippen molar-refractivity contribution in [3.8, 4) is 0 Å². The molecule has 0 aliphatic heterocycles. The molecule has 1 aromatic heterocycles. The summed E-state index contributed by atoms with van der Waals surface area (Å²) in [5.74, 6) is 1.52. The van der Waals surface area contributed by atoms with E-state index in [1.807, 2.05) is 12.1 Å². The summed E-state index contributed by atoms with van der Waals surface area (Å²) < 4.78 is 6.48. The normalized spacial score (nSPS) is 10.8. The largest absolute Gasteiger partial charge is 0.381 e. The second kappa shape index (κ2) is 7.63. The van der Waals surface area contributed by atoms with Gasteiger partial charge in [-0.2, -0.15) is 0 Å². The SMILES string of the molecule is CC(C)COCCCNc1ccc(Br)cn1. The van der Waals surface area contributed by atoms with Crippen LogP contribution in [-0.4, -0.2) is 24.7 Å². The fraction of sp³-hybridized carbons (Fsp3) is 0.583. The first-order valence-electron chi connectivity index (χ1n) is 5.61. The highest BCUT2D eigenvalue weighted by Gasteiger charge is 1.95. The molecule has 1 aromatic rings. The molecule has 0 saturated carbocycles. The number of halogens is 1. The average Bonchev–Trinajstić information content (AvgIpc) is 2.25. The maximum atomic E-state index is 5.48. The highest BCUT2D eigenvalue weighted by molar-refractivity contribution is 9.10. The number of ether oxygens (including phenoxy) is 1. The Morgan fingerprint density at radius 3 is 2.88 bits per heavy atom. The Labute approximate surface area is 106 Å². The lowest BCUT2D eigenvalue weighted by Crippen LogP contribution is -2.09. The average molecular weight is 287 g/mol. The van der Waals surface area contributed by atoms with Gasteiger partial charge in [-0.1, -0.05) is 13.8 Å². The summed E-state index contributed by atoms with van der Waals surface area (Å²) >= 11 is 3.35. The van der Waals surface area contributed by atoms with Gasteiger partial charge in [-0.15, -0.1) is 0 Å². The van der Waals surface area contributed by atoms with E-state index in [9.17, 15) is 0 Å². The molecule has 0 aliphatic rings. The Balaban J connectivity index is 2.05. The second-order valence-corrected chi connectivity index (χ2v) is 5.03. The lowest BCUT2D eigenvalue weighted by molar-refractivity contribution is 0.110. The van der Waals surface area contributed by atoms with Crippen molar-refractivity contribution in [3.63, 3.8) is 0 Å². The molecule has 90 valence electrons. The minimum absolute atomic E-state index is 0.612. The van der Waals surface area contributed by atoms with Crippen molar-refractivity contribution >= 4 is 21.7 Å². The van der Waals surface area contributed by atoms with Crippen LogP contribution in [0.1, 0.15) is 20.3 Å². The molecule has 1 rings (SSSR count). The van der Waals surface area contributed by atoms with Crippen molar-refractivity contribution in [3.05, 3.63) is 22.8 Å². The molecular weight excluding hydrogens is 268 g/mol. The summed E-state index contributed by atoms with van der Waals surface area (Å²) in [5.41, 5.74) is 0. The number of nitrogens with one attached hydrogen (secondary N) is 1. The van der Waals surface area contributed by atoms with Crippen molar-refractivity contribution in [2.45, 2.75) is 20.3 Å². The molecule has 0 unspecified atom stereocenters. The third kappa shape index (κ3) is 6.08. The Bertz CT molecular complexity index is 288. The van der Waals surface area contributed by atoms with Crippen LogP contribution >= 0.6 is 15.9 Å². The predicted molar refractivity (Wildman–Crippen MR) is 70.7 cm³/mol. The fourth-order valence-corrected chi connectivity index (χ4v) is 1.42. The van der Waals surface area contributed by atoms with E-state index in [1.54, 1.807) is 6.20 Å². The summed E-state index contributed by atoms with van der Waals surface area (Å²) in [6.45, 7) is 6.86. The third-order valence-electron chi connectivity index (χ3n) is 1.95. The first-order valence-corrected chi connectivity index (χ1v) is 6.41. The first kappa shape index (κ1) is 13.5. The van der Waals surface area contributed by atoms with Crippen LogP contribution in [0.4, 0.5) is 5.82 Å². The molecule has 0 aliphatic carbocycles. The van der Waals surface area contributed by atoms with Crippen molar-refractivity contribution in [2.75, 3.05) is 25.1 Å². The first-order chi connectivity index (χ1) is 7.68. The zero-order valence-electron chi connectivity index (χ0n) is 9.87. The van der Waals surface area contributed by atoms with E-state index in [4.69, 9.17) is 4.74 Å². The number of pyridine rings is 1. The van der Waals surface area contributed by atoms with Crippen molar-refractivity contribution in [1.82, 2.24) is 4.98 Å². The lowest BCUT2D eigenvalue weighted by atomic mass is 10.2. The van der Waals surface area contributed by atoms with Crippen LogP contribution in [0.25, 0.3) is 0 Å². The zero-order chi connectivity index (χ0) is 11.8. The highest BCUT2D eigenvalue weighted by Crippen LogP contribution is 2.10. The Kier molecular flexibility index (Phi) is 6.42. The molecule has 0 aromatic carbocycles. The third-order valence-corrected chi connectivity index (χ3v) is 2.42. The van der Waals surface area contributed by atoms with Gasteiger partial charge >= 0.3 is 0 Å². The molecule has 3 nitrogen and oxygen atoms in total. The molecule has 4 heteroatoms. The maximum Gasteiger partial charge on any atom is 0.125 e. The monoisotopic (exact) mass is 286 g/mol. The minimum atomic E-state index is 0.612. The fourth-order valence-electron chi connectivity index (χ4n) is 1.19. The number of anilines is 1. The number of rotatable bonds is 7. The van der Waals surface area contributed by atoms with Crippen molar-refractivity contribution in [1.29, 1.82) is 0 Å². The quantitative estimate of drug-likeness (QED) is 0.781. The van der Waals surface area contributed by atoms with E-state index < -0.39 is 0 Å². The van der Waals surface area contributed by atoms with Gasteiger partial charge in [0.05, 0.1) is 0 Å². The summed E-state index contributed by atoms with van der Waals surface area (Å²) in [6, 6.07) is 3.93. The second-order valence-electron chi connectivity index (χ2n) is 4.11. The number of hydrogen-bond acceptors (Lipinski definition) is 3. The zero-order valence-corrected chi connectivity index (χ0v) is 11.5. The van der Waals surface area contributed by atoms with Crippen LogP contribution in [0.15, 0.2) is 22.8 Å². The molecule has 0 spiro atoms.